The van der Waals surface area contributed by atoms with Crippen molar-refractivity contribution in [3.8, 4) is 0 Å². The van der Waals surface area contributed by atoms with Crippen LogP contribution in [0.2, 0.25) is 0 Å². The van der Waals surface area contributed by atoms with Gasteiger partial charge in [-0.3, -0.25) is 14.4 Å². The Labute approximate surface area is 153 Å². The van der Waals surface area contributed by atoms with Gasteiger partial charge in [-0.25, -0.2) is 0 Å². The molecule has 0 saturated heterocycles. The van der Waals surface area contributed by atoms with E-state index >= 15 is 0 Å². The lowest BCUT2D eigenvalue weighted by Gasteiger charge is -2.14. The molecule has 0 aromatic heterocycles. The molecule has 5 heteroatoms. The van der Waals surface area contributed by atoms with Crippen LogP contribution in [0.4, 0.5) is 0 Å². The molecule has 0 aromatic rings. The molecule has 1 unspecified atom stereocenters. The fourth-order valence-corrected chi connectivity index (χ4v) is 2.09. The van der Waals surface area contributed by atoms with Crippen LogP contribution >= 0.6 is 0 Å². The zero-order valence-electron chi connectivity index (χ0n) is 17.0. The lowest BCUT2D eigenvalue weighted by Crippen LogP contribution is -2.46. The highest BCUT2D eigenvalue weighted by molar-refractivity contribution is 5.92. The van der Waals surface area contributed by atoms with Crippen LogP contribution in [0.3, 0.4) is 0 Å². The van der Waals surface area contributed by atoms with Crippen LogP contribution in [0.25, 0.3) is 0 Å². The van der Waals surface area contributed by atoms with E-state index in [2.05, 4.69) is 45.3 Å². The van der Waals surface area contributed by atoms with Gasteiger partial charge in [0, 0.05) is 12.3 Å². The number of ketones is 1. The quantitative estimate of drug-likeness (QED) is 0.590. The molecule has 1 rings (SSSR count). The van der Waals surface area contributed by atoms with Gasteiger partial charge in [-0.05, 0) is 38.0 Å². The first-order valence-electron chi connectivity index (χ1n) is 9.73. The molecule has 0 spiro atoms. The first-order chi connectivity index (χ1) is 11.6. The van der Waals surface area contributed by atoms with Gasteiger partial charge in [0.15, 0.2) is 5.78 Å². The van der Waals surface area contributed by atoms with Crippen LogP contribution < -0.4 is 10.6 Å². The maximum atomic E-state index is 11.8. The number of hydrogen-bond acceptors (Lipinski definition) is 3. The Kier molecular flexibility index (Phi) is 12.2. The molecule has 2 N–H and O–H groups in total. The predicted octanol–water partition coefficient (Wildman–Crippen LogP) is 3.47. The number of nitrogens with one attached hydrogen (secondary N) is 2. The summed E-state index contributed by atoms with van der Waals surface area (Å²) in [6.45, 7) is 12.5. The Morgan fingerprint density at radius 2 is 1.52 bits per heavy atom. The zero-order valence-corrected chi connectivity index (χ0v) is 17.0. The van der Waals surface area contributed by atoms with Gasteiger partial charge in [-0.1, -0.05) is 47.5 Å². The SMILES string of the molecule is CC(C)C.CC(C)CCCCC(=O)NC(C)C(=O)NCC(=O)C1CC1. The maximum absolute atomic E-state index is 11.8. The summed E-state index contributed by atoms with van der Waals surface area (Å²) >= 11 is 0. The van der Waals surface area contributed by atoms with Gasteiger partial charge in [0.1, 0.15) is 6.04 Å². The second-order valence-electron chi connectivity index (χ2n) is 8.12. The summed E-state index contributed by atoms with van der Waals surface area (Å²) in [7, 11) is 0. The van der Waals surface area contributed by atoms with Crippen molar-refractivity contribution in [3.63, 3.8) is 0 Å². The first-order valence-corrected chi connectivity index (χ1v) is 9.73. The molecule has 1 aliphatic rings. The number of carbonyl (C=O) groups is 3. The first kappa shape index (κ1) is 23.6. The Morgan fingerprint density at radius 1 is 0.960 bits per heavy atom. The standard InChI is InChI=1S/C16H28N2O3.C4H10/c1-11(2)6-4-5-7-15(20)18-12(3)16(21)17-10-14(19)13-8-9-13;1-4(2)3/h11-13H,4-10H2,1-3H3,(H,17,21)(H,18,20);4H,1-3H3. The summed E-state index contributed by atoms with van der Waals surface area (Å²) in [5.74, 6) is 1.34. The van der Waals surface area contributed by atoms with Gasteiger partial charge in [-0.2, -0.15) is 0 Å². The zero-order chi connectivity index (χ0) is 19.4. The monoisotopic (exact) mass is 354 g/mol. The Balaban J connectivity index is 0.00000129. The van der Waals surface area contributed by atoms with Crippen LogP contribution in [0.1, 0.15) is 80.1 Å². The summed E-state index contributed by atoms with van der Waals surface area (Å²) in [6.07, 6.45) is 5.33. The topological polar surface area (TPSA) is 75.3 Å². The fourth-order valence-electron chi connectivity index (χ4n) is 2.09. The number of Topliss-reactive ketones (excluding diaryl/α,β-unsaturated/α-hetero) is 1. The molecule has 1 atom stereocenters. The summed E-state index contributed by atoms with van der Waals surface area (Å²) < 4.78 is 0. The summed E-state index contributed by atoms with van der Waals surface area (Å²) in [5, 5.41) is 5.26. The third kappa shape index (κ3) is 14.6. The van der Waals surface area contributed by atoms with E-state index in [-0.39, 0.29) is 30.1 Å². The number of amides is 2. The van der Waals surface area contributed by atoms with Crippen LogP contribution in [-0.4, -0.2) is 30.2 Å². The molecule has 1 aliphatic carbocycles. The number of rotatable bonds is 10. The van der Waals surface area contributed by atoms with E-state index < -0.39 is 6.04 Å². The third-order valence-electron chi connectivity index (χ3n) is 3.68. The van der Waals surface area contributed by atoms with Crippen molar-refractivity contribution < 1.29 is 14.4 Å². The van der Waals surface area contributed by atoms with E-state index in [1.54, 1.807) is 6.92 Å². The van der Waals surface area contributed by atoms with Crippen LogP contribution in [0.5, 0.6) is 0 Å². The second-order valence-corrected chi connectivity index (χ2v) is 8.12. The Bertz CT molecular complexity index is 412. The molecular weight excluding hydrogens is 316 g/mol. The van der Waals surface area contributed by atoms with E-state index in [9.17, 15) is 14.4 Å². The largest absolute Gasteiger partial charge is 0.347 e. The Morgan fingerprint density at radius 3 is 2.00 bits per heavy atom. The smallest absolute Gasteiger partial charge is 0.242 e. The van der Waals surface area contributed by atoms with Crippen molar-refractivity contribution in [2.75, 3.05) is 6.54 Å². The molecular formula is C20H38N2O3. The lowest BCUT2D eigenvalue weighted by atomic mass is 10.1. The minimum absolute atomic E-state index is 0.0814. The van der Waals surface area contributed by atoms with Gasteiger partial charge in [0.25, 0.3) is 0 Å². The predicted molar refractivity (Wildman–Crippen MR) is 102 cm³/mol. The molecule has 1 saturated carbocycles. The summed E-state index contributed by atoms with van der Waals surface area (Å²) in [5.41, 5.74) is 0. The average molecular weight is 355 g/mol. The lowest BCUT2D eigenvalue weighted by molar-refractivity contribution is -0.129. The number of carbonyl (C=O) groups excluding carboxylic acids is 3. The molecule has 0 bridgehead atoms. The minimum Gasteiger partial charge on any atom is -0.347 e. The van der Waals surface area contributed by atoms with E-state index in [0.29, 0.717) is 12.3 Å². The van der Waals surface area contributed by atoms with Gasteiger partial charge < -0.3 is 10.6 Å². The molecule has 1 fully saturated rings. The molecule has 5 nitrogen and oxygen atoms in total. The van der Waals surface area contributed by atoms with Gasteiger partial charge >= 0.3 is 0 Å². The molecule has 2 amide bonds. The maximum Gasteiger partial charge on any atom is 0.242 e. The van der Waals surface area contributed by atoms with Crippen molar-refractivity contribution in [1.82, 2.24) is 10.6 Å². The van der Waals surface area contributed by atoms with Crippen molar-refractivity contribution >= 4 is 17.6 Å². The van der Waals surface area contributed by atoms with E-state index in [4.69, 9.17) is 0 Å². The van der Waals surface area contributed by atoms with Crippen molar-refractivity contribution in [1.29, 1.82) is 0 Å². The Hall–Kier alpha value is -1.39. The highest BCUT2D eigenvalue weighted by atomic mass is 16.2. The second kappa shape index (κ2) is 12.9. The van der Waals surface area contributed by atoms with Gasteiger partial charge in [-0.15, -0.1) is 0 Å². The summed E-state index contributed by atoms with van der Waals surface area (Å²) in [6, 6.07) is -0.588. The van der Waals surface area contributed by atoms with Gasteiger partial charge in [0.05, 0.1) is 6.54 Å². The molecule has 0 aliphatic heterocycles. The van der Waals surface area contributed by atoms with Gasteiger partial charge in [0.2, 0.25) is 11.8 Å². The third-order valence-corrected chi connectivity index (χ3v) is 3.68. The van der Waals surface area contributed by atoms with Crippen molar-refractivity contribution in [2.24, 2.45) is 17.8 Å². The van der Waals surface area contributed by atoms with Crippen LogP contribution in [0.15, 0.2) is 0 Å². The van der Waals surface area contributed by atoms with E-state index in [1.807, 2.05) is 0 Å². The molecule has 0 radical (unpaired) electrons. The molecule has 0 aromatic carbocycles. The number of unbranched alkanes of at least 4 members (excludes halogenated alkanes) is 1. The van der Waals surface area contributed by atoms with Crippen LogP contribution in [0, 0.1) is 17.8 Å². The highest BCUT2D eigenvalue weighted by Gasteiger charge is 2.29. The van der Waals surface area contributed by atoms with E-state index in [1.165, 1.54) is 0 Å². The molecule has 0 heterocycles. The fraction of sp³-hybridized carbons (Fsp3) is 0.850. The number of hydrogen-bond donors (Lipinski definition) is 2. The van der Waals surface area contributed by atoms with Crippen LogP contribution in [-0.2, 0) is 14.4 Å². The molecule has 146 valence electrons. The minimum atomic E-state index is -0.588. The van der Waals surface area contributed by atoms with Crippen molar-refractivity contribution in [3.05, 3.63) is 0 Å². The average Bonchev–Trinajstić information content (AvgIpc) is 3.32. The van der Waals surface area contributed by atoms with E-state index in [0.717, 1.165) is 38.0 Å². The van der Waals surface area contributed by atoms with Crippen molar-refractivity contribution in [2.45, 2.75) is 86.1 Å². The molecule has 25 heavy (non-hydrogen) atoms. The summed E-state index contributed by atoms with van der Waals surface area (Å²) in [4.78, 5) is 34.9. The normalized spacial score (nSPS) is 14.6. The highest BCUT2D eigenvalue weighted by Crippen LogP contribution is 2.29.